The second-order valence-corrected chi connectivity index (χ2v) is 9.72. The lowest BCUT2D eigenvalue weighted by molar-refractivity contribution is -0.120. The van der Waals surface area contributed by atoms with Crippen LogP contribution in [-0.4, -0.2) is 42.4 Å². The first-order chi connectivity index (χ1) is 13.2. The van der Waals surface area contributed by atoms with Gasteiger partial charge in [0.1, 0.15) is 6.04 Å². The number of benzene rings is 2. The molecular formula is C19H17N3O4S2. The molecular weight excluding hydrogens is 398 g/mol. The molecule has 0 saturated carbocycles. The van der Waals surface area contributed by atoms with Gasteiger partial charge in [0.25, 0.3) is 5.91 Å². The molecule has 4 rings (SSSR count). The van der Waals surface area contributed by atoms with Gasteiger partial charge in [0.05, 0.1) is 15.1 Å². The zero-order chi connectivity index (χ0) is 20.1. The van der Waals surface area contributed by atoms with Gasteiger partial charge < -0.3 is 10.2 Å². The molecule has 28 heavy (non-hydrogen) atoms. The number of hydrogen-bond donors (Lipinski definition) is 1. The van der Waals surface area contributed by atoms with Crippen molar-refractivity contribution in [1.82, 2.24) is 9.88 Å². The number of nitrogens with one attached hydrogen (secondary N) is 1. The Balaban J connectivity index is 1.53. The number of fused-ring (bicyclic) bond motifs is 2. The Bertz CT molecular complexity index is 1220. The number of anilines is 1. The fourth-order valence-electron chi connectivity index (χ4n) is 3.13. The first-order valence-corrected chi connectivity index (χ1v) is 11.3. The van der Waals surface area contributed by atoms with Gasteiger partial charge >= 0.3 is 0 Å². The molecule has 1 aromatic heterocycles. The zero-order valence-corrected chi connectivity index (χ0v) is 16.8. The lowest BCUT2D eigenvalue weighted by atomic mass is 10.1. The van der Waals surface area contributed by atoms with Gasteiger partial charge in [-0.25, -0.2) is 13.4 Å². The number of thiazole rings is 1. The quantitative estimate of drug-likeness (QED) is 0.707. The fourth-order valence-corrected chi connectivity index (χ4v) is 4.76. The third kappa shape index (κ3) is 3.27. The van der Waals surface area contributed by atoms with Gasteiger partial charge in [-0.15, -0.1) is 0 Å². The summed E-state index contributed by atoms with van der Waals surface area (Å²) in [5.74, 6) is -0.510. The fraction of sp³-hybridized carbons (Fsp3) is 0.211. The number of hydrogen-bond acceptors (Lipinski definition) is 6. The van der Waals surface area contributed by atoms with E-state index in [2.05, 4.69) is 10.3 Å². The van der Waals surface area contributed by atoms with E-state index < -0.39 is 15.9 Å². The van der Waals surface area contributed by atoms with Gasteiger partial charge in [0.2, 0.25) is 5.91 Å². The molecule has 0 spiro atoms. The Hall–Kier alpha value is -2.78. The van der Waals surface area contributed by atoms with E-state index in [4.69, 9.17) is 0 Å². The van der Waals surface area contributed by atoms with Crippen LogP contribution in [0, 0.1) is 0 Å². The van der Waals surface area contributed by atoms with Gasteiger partial charge in [-0.3, -0.25) is 9.59 Å². The molecule has 0 saturated heterocycles. The van der Waals surface area contributed by atoms with E-state index in [0.29, 0.717) is 27.5 Å². The average molecular weight is 415 g/mol. The molecule has 2 heterocycles. The average Bonchev–Trinajstić information content (AvgIpc) is 3.20. The van der Waals surface area contributed by atoms with Gasteiger partial charge in [-0.05, 0) is 36.8 Å². The lowest BCUT2D eigenvalue weighted by Gasteiger charge is -2.22. The maximum absolute atomic E-state index is 12.7. The van der Waals surface area contributed by atoms with E-state index in [-0.39, 0.29) is 16.7 Å². The van der Waals surface area contributed by atoms with Crippen molar-refractivity contribution in [2.24, 2.45) is 0 Å². The van der Waals surface area contributed by atoms with E-state index >= 15 is 0 Å². The summed E-state index contributed by atoms with van der Waals surface area (Å²) in [6.45, 7) is 2.06. The van der Waals surface area contributed by atoms with Crippen molar-refractivity contribution in [3.63, 3.8) is 0 Å². The van der Waals surface area contributed by atoms with E-state index in [1.54, 1.807) is 31.2 Å². The second kappa shape index (κ2) is 6.68. The molecule has 1 N–H and O–H groups in total. The van der Waals surface area contributed by atoms with Gasteiger partial charge in [0, 0.05) is 18.4 Å². The standard InChI is InChI=1S/C19H17N3O4S2/c1-11(22-10-12-5-3-4-6-14(12)18(22)24)17(23)21-19-20-15-8-7-13(28(2,25)26)9-16(15)27-19/h3-9,11H,10H2,1-2H3,(H,20,21,23)/t11-/m1/s1. The topological polar surface area (TPSA) is 96.4 Å². The Morgan fingerprint density at radius 2 is 2.00 bits per heavy atom. The summed E-state index contributed by atoms with van der Waals surface area (Å²) in [6.07, 6.45) is 1.14. The summed E-state index contributed by atoms with van der Waals surface area (Å²) in [5, 5.41) is 3.10. The van der Waals surface area contributed by atoms with E-state index in [0.717, 1.165) is 11.8 Å². The molecule has 0 bridgehead atoms. The summed E-state index contributed by atoms with van der Waals surface area (Å²) in [7, 11) is -3.32. The van der Waals surface area contributed by atoms with Crippen molar-refractivity contribution in [3.05, 3.63) is 53.6 Å². The number of aromatic nitrogens is 1. The number of carbonyl (C=O) groups is 2. The predicted octanol–water partition coefficient (Wildman–Crippen LogP) is 2.68. The predicted molar refractivity (Wildman–Crippen MR) is 107 cm³/mol. The summed E-state index contributed by atoms with van der Waals surface area (Å²) in [6, 6.07) is 11.3. The van der Waals surface area contributed by atoms with Crippen molar-refractivity contribution >= 4 is 48.3 Å². The summed E-state index contributed by atoms with van der Waals surface area (Å²) >= 11 is 1.19. The Kier molecular flexibility index (Phi) is 4.43. The number of carbonyl (C=O) groups excluding carboxylic acids is 2. The monoisotopic (exact) mass is 415 g/mol. The maximum atomic E-state index is 12.7. The van der Waals surface area contributed by atoms with Crippen LogP contribution in [0.1, 0.15) is 22.8 Å². The highest BCUT2D eigenvalue weighted by molar-refractivity contribution is 7.90. The van der Waals surface area contributed by atoms with E-state index in [9.17, 15) is 18.0 Å². The van der Waals surface area contributed by atoms with Gasteiger partial charge in [-0.2, -0.15) is 0 Å². The SMILES string of the molecule is C[C@H](C(=O)Nc1nc2ccc(S(C)(=O)=O)cc2s1)N1Cc2ccccc2C1=O. The number of rotatable bonds is 4. The molecule has 9 heteroatoms. The normalized spacial score (nSPS) is 14.9. The molecule has 0 radical (unpaired) electrons. The van der Waals surface area contributed by atoms with Gasteiger partial charge in [0.15, 0.2) is 15.0 Å². The first-order valence-electron chi connectivity index (χ1n) is 8.54. The third-order valence-corrected chi connectivity index (χ3v) is 6.76. The molecule has 0 fully saturated rings. The van der Waals surface area contributed by atoms with Crippen LogP contribution in [0.3, 0.4) is 0 Å². The van der Waals surface area contributed by atoms with Crippen molar-refractivity contribution in [2.45, 2.75) is 24.4 Å². The van der Waals surface area contributed by atoms with Crippen LogP contribution in [0.5, 0.6) is 0 Å². The summed E-state index contributed by atoms with van der Waals surface area (Å²) < 4.78 is 24.1. The summed E-state index contributed by atoms with van der Waals surface area (Å²) in [5.41, 5.74) is 2.13. The second-order valence-electron chi connectivity index (χ2n) is 6.68. The molecule has 0 aliphatic carbocycles. The van der Waals surface area contributed by atoms with Gasteiger partial charge in [-0.1, -0.05) is 29.5 Å². The minimum Gasteiger partial charge on any atom is -0.323 e. The van der Waals surface area contributed by atoms with Crippen LogP contribution in [0.4, 0.5) is 5.13 Å². The van der Waals surface area contributed by atoms with Crippen LogP contribution in [0.2, 0.25) is 0 Å². The van der Waals surface area contributed by atoms with E-state index in [1.807, 2.05) is 12.1 Å². The number of amides is 2. The van der Waals surface area contributed by atoms with Crippen molar-refractivity contribution in [3.8, 4) is 0 Å². The summed E-state index contributed by atoms with van der Waals surface area (Å²) in [4.78, 5) is 31.3. The smallest absolute Gasteiger partial charge is 0.255 e. The van der Waals surface area contributed by atoms with Crippen molar-refractivity contribution in [1.29, 1.82) is 0 Å². The maximum Gasteiger partial charge on any atom is 0.255 e. The molecule has 144 valence electrons. The first kappa shape index (κ1) is 18.6. The molecule has 1 atom stereocenters. The lowest BCUT2D eigenvalue weighted by Crippen LogP contribution is -2.42. The largest absolute Gasteiger partial charge is 0.323 e. The Labute approximate surface area is 165 Å². The van der Waals surface area contributed by atoms with Crippen LogP contribution < -0.4 is 5.32 Å². The highest BCUT2D eigenvalue weighted by Crippen LogP contribution is 2.29. The molecule has 1 aliphatic rings. The minimum atomic E-state index is -3.32. The molecule has 7 nitrogen and oxygen atoms in total. The number of sulfone groups is 1. The van der Waals surface area contributed by atoms with Crippen LogP contribution in [-0.2, 0) is 21.2 Å². The highest BCUT2D eigenvalue weighted by atomic mass is 32.2. The molecule has 3 aromatic rings. The highest BCUT2D eigenvalue weighted by Gasteiger charge is 2.33. The molecule has 0 unspecified atom stereocenters. The van der Waals surface area contributed by atoms with E-state index in [1.165, 1.54) is 22.3 Å². The van der Waals surface area contributed by atoms with Crippen LogP contribution in [0.15, 0.2) is 47.4 Å². The van der Waals surface area contributed by atoms with Crippen molar-refractivity contribution in [2.75, 3.05) is 11.6 Å². The van der Waals surface area contributed by atoms with Crippen molar-refractivity contribution < 1.29 is 18.0 Å². The molecule has 1 aliphatic heterocycles. The molecule has 2 aromatic carbocycles. The van der Waals surface area contributed by atoms with Crippen LogP contribution in [0.25, 0.3) is 10.2 Å². The third-order valence-electron chi connectivity index (χ3n) is 4.71. The molecule has 2 amide bonds. The van der Waals surface area contributed by atoms with Crippen LogP contribution >= 0.6 is 11.3 Å². The zero-order valence-electron chi connectivity index (χ0n) is 15.2. The Morgan fingerprint density at radius 1 is 1.25 bits per heavy atom. The Morgan fingerprint density at radius 3 is 2.71 bits per heavy atom. The number of nitrogens with zero attached hydrogens (tertiary/aromatic N) is 2. The minimum absolute atomic E-state index is 0.166.